The molecule has 0 aromatic rings. The molecule has 0 saturated carbocycles. The first-order chi connectivity index (χ1) is 8.67. The zero-order chi connectivity index (χ0) is 13.4. The highest BCUT2D eigenvalue weighted by Crippen LogP contribution is 2.20. The van der Waals surface area contributed by atoms with Crippen LogP contribution in [-0.4, -0.2) is 60.2 Å². The molecule has 1 rings (SSSR count). The fourth-order valence-corrected chi connectivity index (χ4v) is 2.48. The van der Waals surface area contributed by atoms with E-state index in [2.05, 4.69) is 18.7 Å². The van der Waals surface area contributed by atoms with Gasteiger partial charge in [0.1, 0.15) is 0 Å². The Balaban J connectivity index is 2.17. The van der Waals surface area contributed by atoms with Crippen LogP contribution in [0.5, 0.6) is 0 Å². The van der Waals surface area contributed by atoms with Crippen LogP contribution in [0.25, 0.3) is 0 Å². The van der Waals surface area contributed by atoms with Crippen molar-refractivity contribution in [3.63, 3.8) is 0 Å². The number of hydrogen-bond acceptors (Lipinski definition) is 4. The molecule has 1 heterocycles. The summed E-state index contributed by atoms with van der Waals surface area (Å²) in [6, 6.07) is 0. The third kappa shape index (κ3) is 5.65. The molecule has 108 valence electrons. The number of ether oxygens (including phenoxy) is 1. The normalized spacial score (nSPS) is 27.3. The quantitative estimate of drug-likeness (QED) is 0.644. The highest BCUT2D eigenvalue weighted by molar-refractivity contribution is 4.80. The largest absolute Gasteiger partial charge is 0.393 e. The molecule has 0 bridgehead atoms. The first-order valence-electron chi connectivity index (χ1n) is 7.33. The topological polar surface area (TPSA) is 52.9 Å². The van der Waals surface area contributed by atoms with Crippen molar-refractivity contribution in [2.45, 2.75) is 51.7 Å². The van der Waals surface area contributed by atoms with Gasteiger partial charge in [-0.3, -0.25) is 0 Å². The van der Waals surface area contributed by atoms with E-state index >= 15 is 0 Å². The Morgan fingerprint density at radius 1 is 1.39 bits per heavy atom. The molecule has 0 aromatic heterocycles. The molecule has 2 N–H and O–H groups in total. The zero-order valence-corrected chi connectivity index (χ0v) is 11.8. The second-order valence-electron chi connectivity index (χ2n) is 5.37. The van der Waals surface area contributed by atoms with Crippen molar-refractivity contribution < 1.29 is 14.9 Å². The van der Waals surface area contributed by atoms with Gasteiger partial charge < -0.3 is 19.8 Å². The second-order valence-corrected chi connectivity index (χ2v) is 5.37. The van der Waals surface area contributed by atoms with Crippen LogP contribution >= 0.6 is 0 Å². The number of likely N-dealkylation sites (tertiary alicyclic amines) is 1. The van der Waals surface area contributed by atoms with Gasteiger partial charge >= 0.3 is 0 Å². The van der Waals surface area contributed by atoms with Gasteiger partial charge in [0, 0.05) is 26.2 Å². The highest BCUT2D eigenvalue weighted by atomic mass is 16.5. The van der Waals surface area contributed by atoms with Crippen molar-refractivity contribution in [3.8, 4) is 0 Å². The standard InChI is InChI=1S/C14H29NO3/c1-3-5-8-18-11-13(16)10-15-7-6-14(17)12(4-2)9-15/h12-14,16-17H,3-11H2,1-2H3. The molecule has 0 aliphatic carbocycles. The number of aliphatic hydroxyl groups excluding tert-OH is 2. The van der Waals surface area contributed by atoms with E-state index in [1.807, 2.05) is 0 Å². The molecule has 0 amide bonds. The van der Waals surface area contributed by atoms with E-state index in [0.29, 0.717) is 19.1 Å². The van der Waals surface area contributed by atoms with Crippen molar-refractivity contribution in [1.82, 2.24) is 4.90 Å². The lowest BCUT2D eigenvalue weighted by Gasteiger charge is -2.36. The van der Waals surface area contributed by atoms with Crippen molar-refractivity contribution in [1.29, 1.82) is 0 Å². The van der Waals surface area contributed by atoms with Crippen LogP contribution in [0, 0.1) is 5.92 Å². The van der Waals surface area contributed by atoms with E-state index in [0.717, 1.165) is 45.4 Å². The van der Waals surface area contributed by atoms with Gasteiger partial charge in [-0.15, -0.1) is 0 Å². The molecule has 3 unspecified atom stereocenters. The summed E-state index contributed by atoms with van der Waals surface area (Å²) < 4.78 is 5.43. The summed E-state index contributed by atoms with van der Waals surface area (Å²) in [6.45, 7) is 7.84. The van der Waals surface area contributed by atoms with Gasteiger partial charge in [0.15, 0.2) is 0 Å². The molecule has 0 spiro atoms. The van der Waals surface area contributed by atoms with Gasteiger partial charge in [-0.05, 0) is 25.2 Å². The molecule has 1 aliphatic rings. The molecule has 3 atom stereocenters. The minimum Gasteiger partial charge on any atom is -0.393 e. The average Bonchev–Trinajstić information content (AvgIpc) is 2.37. The maximum atomic E-state index is 9.90. The minimum atomic E-state index is -0.408. The summed E-state index contributed by atoms with van der Waals surface area (Å²) in [4.78, 5) is 2.24. The van der Waals surface area contributed by atoms with Crippen LogP contribution in [0.3, 0.4) is 0 Å². The van der Waals surface area contributed by atoms with Crippen LogP contribution in [-0.2, 0) is 4.74 Å². The SMILES string of the molecule is CCCCOCC(O)CN1CCC(O)C(CC)C1. The number of β-amino-alcohol motifs (C(OH)–C–C–N with tert-alkyl or cyclic N) is 1. The number of hydrogen-bond donors (Lipinski definition) is 2. The van der Waals surface area contributed by atoms with Crippen LogP contribution in [0.2, 0.25) is 0 Å². The Hall–Kier alpha value is -0.160. The summed E-state index contributed by atoms with van der Waals surface area (Å²) in [6.07, 6.45) is 3.43. The molecule has 1 saturated heterocycles. The summed E-state index contributed by atoms with van der Waals surface area (Å²) in [7, 11) is 0. The number of nitrogens with zero attached hydrogens (tertiary/aromatic N) is 1. The fraction of sp³-hybridized carbons (Fsp3) is 1.00. The maximum Gasteiger partial charge on any atom is 0.0900 e. The van der Waals surface area contributed by atoms with Crippen molar-refractivity contribution >= 4 is 0 Å². The maximum absolute atomic E-state index is 9.90. The van der Waals surface area contributed by atoms with E-state index in [1.165, 1.54) is 0 Å². The third-order valence-corrected chi connectivity index (χ3v) is 3.72. The molecule has 4 nitrogen and oxygen atoms in total. The van der Waals surface area contributed by atoms with Gasteiger partial charge in [0.2, 0.25) is 0 Å². The van der Waals surface area contributed by atoms with Crippen molar-refractivity contribution in [2.75, 3.05) is 32.8 Å². The summed E-state index contributed by atoms with van der Waals surface area (Å²) in [5, 5.41) is 19.7. The Morgan fingerprint density at radius 2 is 2.17 bits per heavy atom. The lowest BCUT2D eigenvalue weighted by Crippen LogP contribution is -2.46. The average molecular weight is 259 g/mol. The number of piperidine rings is 1. The van der Waals surface area contributed by atoms with Crippen molar-refractivity contribution in [2.24, 2.45) is 5.92 Å². The molecular formula is C14H29NO3. The highest BCUT2D eigenvalue weighted by Gasteiger charge is 2.27. The van der Waals surface area contributed by atoms with E-state index in [9.17, 15) is 10.2 Å². The van der Waals surface area contributed by atoms with Gasteiger partial charge in [-0.25, -0.2) is 0 Å². The van der Waals surface area contributed by atoms with E-state index in [-0.39, 0.29) is 6.10 Å². The Bertz CT molecular complexity index is 213. The third-order valence-electron chi connectivity index (χ3n) is 3.72. The van der Waals surface area contributed by atoms with E-state index < -0.39 is 6.10 Å². The van der Waals surface area contributed by atoms with Crippen molar-refractivity contribution in [3.05, 3.63) is 0 Å². The summed E-state index contributed by atoms with van der Waals surface area (Å²) >= 11 is 0. The predicted octanol–water partition coefficient (Wildman–Crippen LogP) is 1.26. The second kappa shape index (κ2) is 8.86. The van der Waals surface area contributed by atoms with Gasteiger partial charge in [-0.1, -0.05) is 20.3 Å². The Labute approximate surface area is 111 Å². The van der Waals surface area contributed by atoms with Gasteiger partial charge in [0.05, 0.1) is 18.8 Å². The molecule has 0 aromatic carbocycles. The van der Waals surface area contributed by atoms with E-state index in [4.69, 9.17) is 4.74 Å². The molecule has 4 heteroatoms. The predicted molar refractivity (Wildman–Crippen MR) is 72.6 cm³/mol. The fourth-order valence-electron chi connectivity index (χ4n) is 2.48. The molecule has 1 aliphatic heterocycles. The van der Waals surface area contributed by atoms with E-state index in [1.54, 1.807) is 0 Å². The van der Waals surface area contributed by atoms with Crippen LogP contribution in [0.1, 0.15) is 39.5 Å². The zero-order valence-electron chi connectivity index (χ0n) is 11.8. The first kappa shape index (κ1) is 15.9. The Kier molecular flexibility index (Phi) is 7.82. The van der Waals surface area contributed by atoms with Crippen LogP contribution < -0.4 is 0 Å². The smallest absolute Gasteiger partial charge is 0.0900 e. The molecular weight excluding hydrogens is 230 g/mol. The van der Waals surface area contributed by atoms with Gasteiger partial charge in [-0.2, -0.15) is 0 Å². The monoisotopic (exact) mass is 259 g/mol. The lowest BCUT2D eigenvalue weighted by atomic mass is 9.92. The summed E-state index contributed by atoms with van der Waals surface area (Å²) in [5.41, 5.74) is 0. The van der Waals surface area contributed by atoms with Gasteiger partial charge in [0.25, 0.3) is 0 Å². The lowest BCUT2D eigenvalue weighted by molar-refractivity contribution is -0.0170. The number of unbranched alkanes of at least 4 members (excludes halogenated alkanes) is 1. The molecule has 0 radical (unpaired) electrons. The Morgan fingerprint density at radius 3 is 2.83 bits per heavy atom. The number of aliphatic hydroxyl groups is 2. The molecule has 18 heavy (non-hydrogen) atoms. The first-order valence-corrected chi connectivity index (χ1v) is 7.33. The number of rotatable bonds is 8. The molecule has 1 fully saturated rings. The van der Waals surface area contributed by atoms with Crippen LogP contribution in [0.4, 0.5) is 0 Å². The van der Waals surface area contributed by atoms with Crippen LogP contribution in [0.15, 0.2) is 0 Å². The minimum absolute atomic E-state index is 0.163. The summed E-state index contributed by atoms with van der Waals surface area (Å²) in [5.74, 6) is 0.354.